The molecule has 0 fully saturated rings. The molecule has 0 heterocycles. The second-order valence-electron chi connectivity index (χ2n) is 3.24. The molecule has 0 unspecified atom stereocenters. The predicted octanol–water partition coefficient (Wildman–Crippen LogP) is -0.961. The zero-order valence-corrected chi connectivity index (χ0v) is 9.99. The van der Waals surface area contributed by atoms with Crippen LogP contribution >= 0.6 is 0 Å². The maximum Gasteiger partial charge on any atom is 0.339 e. The number of carboxylic acid groups (broad SMARTS) is 2. The van der Waals surface area contributed by atoms with Crippen LogP contribution in [0, 0.1) is 0 Å². The Hall–Kier alpha value is -2.00. The molecule has 0 amide bonds. The largest absolute Gasteiger partial charge is 0.481 e. The van der Waals surface area contributed by atoms with Crippen LogP contribution in [-0.4, -0.2) is 60.5 Å². The molecule has 0 aromatic rings. The number of rotatable bonds is 10. The van der Waals surface area contributed by atoms with Crippen LogP contribution in [0.5, 0.6) is 0 Å². The van der Waals surface area contributed by atoms with Gasteiger partial charge in [-0.25, -0.2) is 9.59 Å². The van der Waals surface area contributed by atoms with Gasteiger partial charge >= 0.3 is 23.9 Å². The van der Waals surface area contributed by atoms with Crippen LogP contribution in [0.25, 0.3) is 0 Å². The molecular formula is C10H14O9. The molecule has 19 heavy (non-hydrogen) atoms. The topological polar surface area (TPSA) is 136 Å². The number of carbonyl (C=O) groups is 4. The second kappa shape index (κ2) is 9.97. The van der Waals surface area contributed by atoms with E-state index in [4.69, 9.17) is 10.2 Å². The number of hydrogen-bond donors (Lipinski definition) is 2. The summed E-state index contributed by atoms with van der Waals surface area (Å²) >= 11 is 0. The van der Waals surface area contributed by atoms with Gasteiger partial charge in [-0.05, 0) is 0 Å². The van der Waals surface area contributed by atoms with E-state index < -0.39 is 37.1 Å². The fraction of sp³-hybridized carbons (Fsp3) is 0.600. The predicted molar refractivity (Wildman–Crippen MR) is 57.2 cm³/mol. The Morgan fingerprint density at radius 2 is 1.11 bits per heavy atom. The van der Waals surface area contributed by atoms with Crippen LogP contribution < -0.4 is 0 Å². The third-order valence-electron chi connectivity index (χ3n) is 1.59. The normalized spacial score (nSPS) is 9.89. The van der Waals surface area contributed by atoms with Gasteiger partial charge < -0.3 is 24.4 Å². The Kier molecular flexibility index (Phi) is 8.92. The molecule has 108 valence electrons. The summed E-state index contributed by atoms with van der Waals surface area (Å²) in [5.74, 6) is -4.10. The van der Waals surface area contributed by atoms with E-state index in [1.54, 1.807) is 0 Å². The highest BCUT2D eigenvalue weighted by atomic mass is 16.6. The second-order valence-corrected chi connectivity index (χ2v) is 3.24. The van der Waals surface area contributed by atoms with Crippen LogP contribution in [0.15, 0.2) is 0 Å². The van der Waals surface area contributed by atoms with Crippen molar-refractivity contribution < 1.29 is 43.6 Å². The molecule has 0 spiro atoms. The maximum absolute atomic E-state index is 11.0. The van der Waals surface area contributed by atoms with Gasteiger partial charge in [0.05, 0.1) is 26.1 Å². The molecular weight excluding hydrogens is 264 g/mol. The Bertz CT molecular complexity index is 304. The van der Waals surface area contributed by atoms with Crippen LogP contribution in [0.3, 0.4) is 0 Å². The van der Waals surface area contributed by atoms with E-state index in [0.717, 1.165) is 0 Å². The van der Waals surface area contributed by atoms with Gasteiger partial charge in [-0.1, -0.05) is 0 Å². The lowest BCUT2D eigenvalue weighted by Gasteiger charge is -2.04. The van der Waals surface area contributed by atoms with Crippen molar-refractivity contribution in [3.8, 4) is 0 Å². The lowest BCUT2D eigenvalue weighted by Crippen LogP contribution is -2.22. The molecule has 0 rings (SSSR count). The Balaban J connectivity index is 3.55. The molecule has 0 bridgehead atoms. The van der Waals surface area contributed by atoms with E-state index >= 15 is 0 Å². The zero-order valence-electron chi connectivity index (χ0n) is 9.99. The number of hydrogen-bond acceptors (Lipinski definition) is 7. The van der Waals surface area contributed by atoms with Gasteiger partial charge in [0.2, 0.25) is 0 Å². The minimum Gasteiger partial charge on any atom is -0.481 e. The molecule has 9 nitrogen and oxygen atoms in total. The summed E-state index contributed by atoms with van der Waals surface area (Å²) in [6, 6.07) is 0. The van der Waals surface area contributed by atoms with Crippen molar-refractivity contribution in [3.63, 3.8) is 0 Å². The fourth-order valence-electron chi connectivity index (χ4n) is 0.816. The first-order chi connectivity index (χ1) is 8.91. The SMILES string of the molecule is O=C(O)CCOCC(=O)OC(=O)COCCC(=O)O. The average Bonchev–Trinajstić information content (AvgIpc) is 2.30. The summed E-state index contributed by atoms with van der Waals surface area (Å²) in [6.45, 7) is -1.44. The van der Waals surface area contributed by atoms with Crippen molar-refractivity contribution in [1.29, 1.82) is 0 Å². The first kappa shape index (κ1) is 17.0. The Labute approximate surface area is 108 Å². The van der Waals surface area contributed by atoms with Crippen molar-refractivity contribution in [2.24, 2.45) is 0 Å². The van der Waals surface area contributed by atoms with Crippen LogP contribution in [-0.2, 0) is 33.4 Å². The van der Waals surface area contributed by atoms with Crippen molar-refractivity contribution in [2.75, 3.05) is 26.4 Å². The first-order valence-electron chi connectivity index (χ1n) is 5.24. The Morgan fingerprint density at radius 1 is 0.737 bits per heavy atom. The zero-order chi connectivity index (χ0) is 14.7. The van der Waals surface area contributed by atoms with Gasteiger partial charge in [0.25, 0.3) is 0 Å². The molecule has 0 aliphatic carbocycles. The molecule has 0 aromatic heterocycles. The van der Waals surface area contributed by atoms with Crippen LogP contribution in [0.2, 0.25) is 0 Å². The van der Waals surface area contributed by atoms with Gasteiger partial charge in [0, 0.05) is 0 Å². The summed E-state index contributed by atoms with van der Waals surface area (Å²) in [7, 11) is 0. The third-order valence-corrected chi connectivity index (χ3v) is 1.59. The molecule has 0 aliphatic rings. The molecule has 0 atom stereocenters. The van der Waals surface area contributed by atoms with E-state index in [9.17, 15) is 19.2 Å². The summed E-state index contributed by atoms with van der Waals surface area (Å²) in [4.78, 5) is 42.2. The minimum atomic E-state index is -1.07. The molecule has 0 saturated heterocycles. The summed E-state index contributed by atoms with van der Waals surface area (Å²) in [6.07, 6.45) is -0.529. The number of ether oxygens (including phenoxy) is 3. The number of carboxylic acids is 2. The Morgan fingerprint density at radius 3 is 1.42 bits per heavy atom. The molecule has 0 radical (unpaired) electrons. The van der Waals surface area contributed by atoms with E-state index in [0.29, 0.717) is 0 Å². The van der Waals surface area contributed by atoms with Gasteiger partial charge in [-0.3, -0.25) is 9.59 Å². The lowest BCUT2D eigenvalue weighted by atomic mass is 10.5. The number of esters is 2. The summed E-state index contributed by atoms with van der Waals surface area (Å²) in [5, 5.41) is 16.6. The standard InChI is InChI=1S/C10H14O9/c11-7(12)1-3-17-5-9(15)19-10(16)6-18-4-2-8(13)14/h1-6H2,(H,11,12)(H,13,14). The molecule has 0 aromatic carbocycles. The fourth-order valence-corrected chi connectivity index (χ4v) is 0.816. The highest BCUT2D eigenvalue weighted by Gasteiger charge is 2.11. The molecule has 0 saturated carbocycles. The third kappa shape index (κ3) is 12.2. The lowest BCUT2D eigenvalue weighted by molar-refractivity contribution is -0.166. The van der Waals surface area contributed by atoms with Crippen LogP contribution in [0.1, 0.15) is 12.8 Å². The number of aliphatic carboxylic acids is 2. The highest BCUT2D eigenvalue weighted by Crippen LogP contribution is 1.89. The van der Waals surface area contributed by atoms with Gasteiger partial charge in [-0.2, -0.15) is 0 Å². The molecule has 0 aliphatic heterocycles. The first-order valence-corrected chi connectivity index (χ1v) is 5.24. The van der Waals surface area contributed by atoms with Crippen LogP contribution in [0.4, 0.5) is 0 Å². The van der Waals surface area contributed by atoms with E-state index in [1.807, 2.05) is 0 Å². The monoisotopic (exact) mass is 278 g/mol. The van der Waals surface area contributed by atoms with Gasteiger partial charge in [-0.15, -0.1) is 0 Å². The van der Waals surface area contributed by atoms with E-state index in [-0.39, 0.29) is 26.1 Å². The van der Waals surface area contributed by atoms with Gasteiger partial charge in [0.1, 0.15) is 13.2 Å². The van der Waals surface area contributed by atoms with E-state index in [1.165, 1.54) is 0 Å². The summed E-state index contributed by atoms with van der Waals surface area (Å²) < 4.78 is 13.5. The van der Waals surface area contributed by atoms with E-state index in [2.05, 4.69) is 14.2 Å². The smallest absolute Gasteiger partial charge is 0.339 e. The average molecular weight is 278 g/mol. The van der Waals surface area contributed by atoms with Crippen molar-refractivity contribution in [2.45, 2.75) is 12.8 Å². The maximum atomic E-state index is 11.0. The van der Waals surface area contributed by atoms with Crippen molar-refractivity contribution in [1.82, 2.24) is 0 Å². The quantitative estimate of drug-likeness (QED) is 0.294. The molecule has 2 N–H and O–H groups in total. The van der Waals surface area contributed by atoms with Crippen molar-refractivity contribution in [3.05, 3.63) is 0 Å². The summed E-state index contributed by atoms with van der Waals surface area (Å²) in [5.41, 5.74) is 0. The molecule has 9 heteroatoms. The minimum absolute atomic E-state index is 0.173. The number of carbonyl (C=O) groups excluding carboxylic acids is 2. The van der Waals surface area contributed by atoms with Gasteiger partial charge in [0.15, 0.2) is 0 Å². The van der Waals surface area contributed by atoms with Crippen molar-refractivity contribution >= 4 is 23.9 Å². The highest BCUT2D eigenvalue weighted by molar-refractivity contribution is 5.86.